The zero-order valence-electron chi connectivity index (χ0n) is 11.3. The van der Waals surface area contributed by atoms with Gasteiger partial charge in [0.2, 0.25) is 10.9 Å². The minimum atomic E-state index is -0.531. The number of carbonyl (C=O) groups excluding carboxylic acids is 1. The van der Waals surface area contributed by atoms with Gasteiger partial charge in [0.1, 0.15) is 5.75 Å². The third kappa shape index (κ3) is 3.58. The number of hydrogen-bond acceptors (Lipinski definition) is 7. The minimum Gasteiger partial charge on any atom is -0.457 e. The molecule has 0 aliphatic heterocycles. The van der Waals surface area contributed by atoms with Gasteiger partial charge in [-0.05, 0) is 42.0 Å². The topological polar surface area (TPSA) is 76.7 Å². The van der Waals surface area contributed by atoms with Crippen LogP contribution in [0.4, 0.5) is 5.13 Å². The Morgan fingerprint density at radius 2 is 2.18 bits per heavy atom. The van der Waals surface area contributed by atoms with Crippen LogP contribution in [0, 0.1) is 0 Å². The first-order valence-electron chi connectivity index (χ1n) is 6.35. The number of aromatic nitrogens is 1. The standard InChI is InChI=1S/C15H11N3O3S/c19-14(13-2-1-8-20-13)21-12-5-3-11(4-6-12)10-17-18-15-16-7-9-22-15/h1-10H,(H,16,18)/b17-10+. The fourth-order valence-corrected chi connectivity index (χ4v) is 2.09. The van der Waals surface area contributed by atoms with Gasteiger partial charge in [-0.1, -0.05) is 0 Å². The normalized spacial score (nSPS) is 10.7. The molecule has 0 aliphatic carbocycles. The van der Waals surface area contributed by atoms with Crippen molar-refractivity contribution in [1.29, 1.82) is 0 Å². The second-order valence-corrected chi connectivity index (χ2v) is 5.04. The van der Waals surface area contributed by atoms with E-state index in [2.05, 4.69) is 15.5 Å². The Morgan fingerprint density at radius 3 is 2.86 bits per heavy atom. The van der Waals surface area contributed by atoms with Crippen LogP contribution in [0.3, 0.4) is 0 Å². The van der Waals surface area contributed by atoms with E-state index in [-0.39, 0.29) is 5.76 Å². The lowest BCUT2D eigenvalue weighted by Crippen LogP contribution is -2.07. The molecule has 0 saturated carbocycles. The highest BCUT2D eigenvalue weighted by Gasteiger charge is 2.10. The van der Waals surface area contributed by atoms with Gasteiger partial charge in [0.25, 0.3) is 0 Å². The number of hydrazone groups is 1. The lowest BCUT2D eigenvalue weighted by molar-refractivity contribution is 0.0701. The van der Waals surface area contributed by atoms with Crippen LogP contribution >= 0.6 is 11.3 Å². The number of carbonyl (C=O) groups is 1. The van der Waals surface area contributed by atoms with Crippen LogP contribution in [0.15, 0.2) is 63.8 Å². The summed E-state index contributed by atoms with van der Waals surface area (Å²) < 4.78 is 10.1. The third-order valence-corrected chi connectivity index (χ3v) is 3.30. The van der Waals surface area contributed by atoms with Gasteiger partial charge in [-0.2, -0.15) is 5.10 Å². The predicted octanol–water partition coefficient (Wildman–Crippen LogP) is 3.40. The lowest BCUT2D eigenvalue weighted by Gasteiger charge is -2.02. The highest BCUT2D eigenvalue weighted by Crippen LogP contribution is 2.14. The van der Waals surface area contributed by atoms with Crippen LogP contribution in [0.2, 0.25) is 0 Å². The Kier molecular flexibility index (Phi) is 4.26. The van der Waals surface area contributed by atoms with Crippen LogP contribution in [0.1, 0.15) is 16.1 Å². The van der Waals surface area contributed by atoms with Crippen LogP contribution in [-0.2, 0) is 0 Å². The number of thiazole rings is 1. The van der Waals surface area contributed by atoms with E-state index in [1.54, 1.807) is 48.8 Å². The molecule has 0 atom stereocenters. The number of nitrogens with zero attached hydrogens (tertiary/aromatic N) is 2. The van der Waals surface area contributed by atoms with Gasteiger partial charge in [-0.3, -0.25) is 5.43 Å². The van der Waals surface area contributed by atoms with E-state index in [4.69, 9.17) is 9.15 Å². The van der Waals surface area contributed by atoms with E-state index < -0.39 is 5.97 Å². The van der Waals surface area contributed by atoms with Gasteiger partial charge in [-0.25, -0.2) is 9.78 Å². The maximum Gasteiger partial charge on any atom is 0.379 e. The van der Waals surface area contributed by atoms with Crippen LogP contribution in [0.5, 0.6) is 5.75 Å². The van der Waals surface area contributed by atoms with Crippen molar-refractivity contribution in [2.24, 2.45) is 5.10 Å². The second kappa shape index (κ2) is 6.68. The number of benzene rings is 1. The lowest BCUT2D eigenvalue weighted by atomic mass is 10.2. The van der Waals surface area contributed by atoms with Crippen LogP contribution in [-0.4, -0.2) is 17.2 Å². The molecule has 1 N–H and O–H groups in total. The Hall–Kier alpha value is -2.93. The molecule has 0 fully saturated rings. The number of esters is 1. The molecule has 0 aliphatic rings. The Bertz CT molecular complexity index is 750. The molecule has 6 nitrogen and oxygen atoms in total. The largest absolute Gasteiger partial charge is 0.457 e. The molecule has 0 bridgehead atoms. The highest BCUT2D eigenvalue weighted by atomic mass is 32.1. The summed E-state index contributed by atoms with van der Waals surface area (Å²) >= 11 is 1.46. The summed E-state index contributed by atoms with van der Waals surface area (Å²) in [6.07, 6.45) is 4.77. The van der Waals surface area contributed by atoms with Crippen molar-refractivity contribution in [2.75, 3.05) is 5.43 Å². The molecule has 110 valence electrons. The molecule has 0 unspecified atom stereocenters. The van der Waals surface area contributed by atoms with E-state index >= 15 is 0 Å². The molecule has 3 aromatic rings. The zero-order chi connectivity index (χ0) is 15.2. The van der Waals surface area contributed by atoms with Gasteiger partial charge in [0, 0.05) is 11.6 Å². The first kappa shape index (κ1) is 14.0. The SMILES string of the molecule is O=C(Oc1ccc(/C=N/Nc2nccs2)cc1)c1ccco1. The fraction of sp³-hybridized carbons (Fsp3) is 0. The quantitative estimate of drug-likeness (QED) is 0.338. The summed E-state index contributed by atoms with van der Waals surface area (Å²) in [4.78, 5) is 15.8. The van der Waals surface area contributed by atoms with Crippen molar-refractivity contribution in [1.82, 2.24) is 4.98 Å². The van der Waals surface area contributed by atoms with Crippen LogP contribution < -0.4 is 10.2 Å². The maximum absolute atomic E-state index is 11.7. The number of nitrogens with one attached hydrogen (secondary N) is 1. The number of anilines is 1. The van der Waals surface area contributed by atoms with Crippen molar-refractivity contribution in [3.05, 3.63) is 65.6 Å². The van der Waals surface area contributed by atoms with E-state index in [0.29, 0.717) is 5.75 Å². The summed E-state index contributed by atoms with van der Waals surface area (Å²) in [5, 5.41) is 6.65. The molecule has 0 saturated heterocycles. The number of hydrogen-bond donors (Lipinski definition) is 1. The first-order chi connectivity index (χ1) is 10.8. The number of ether oxygens (including phenoxy) is 1. The molecule has 22 heavy (non-hydrogen) atoms. The summed E-state index contributed by atoms with van der Waals surface area (Å²) in [5.41, 5.74) is 3.68. The predicted molar refractivity (Wildman–Crippen MR) is 83.4 cm³/mol. The Morgan fingerprint density at radius 1 is 1.32 bits per heavy atom. The summed E-state index contributed by atoms with van der Waals surface area (Å²) in [5.74, 6) is 0.0709. The van der Waals surface area contributed by atoms with Gasteiger partial charge < -0.3 is 9.15 Å². The van der Waals surface area contributed by atoms with Gasteiger partial charge >= 0.3 is 5.97 Å². The molecule has 2 heterocycles. The molecular formula is C15H11N3O3S. The zero-order valence-corrected chi connectivity index (χ0v) is 12.1. The van der Waals surface area contributed by atoms with Gasteiger partial charge in [0.15, 0.2) is 0 Å². The van der Waals surface area contributed by atoms with Crippen molar-refractivity contribution in [3.63, 3.8) is 0 Å². The molecule has 1 aromatic carbocycles. The van der Waals surface area contributed by atoms with E-state index in [0.717, 1.165) is 10.7 Å². The Labute approximate surface area is 130 Å². The maximum atomic E-state index is 11.7. The van der Waals surface area contributed by atoms with E-state index in [1.165, 1.54) is 17.6 Å². The first-order valence-corrected chi connectivity index (χ1v) is 7.23. The van der Waals surface area contributed by atoms with Gasteiger partial charge in [-0.15, -0.1) is 11.3 Å². The van der Waals surface area contributed by atoms with Gasteiger partial charge in [0.05, 0.1) is 12.5 Å². The number of rotatable bonds is 5. The molecule has 7 heteroatoms. The second-order valence-electron chi connectivity index (χ2n) is 4.14. The third-order valence-electron chi connectivity index (χ3n) is 2.62. The van der Waals surface area contributed by atoms with Crippen molar-refractivity contribution >= 4 is 28.7 Å². The Balaban J connectivity index is 1.58. The average molecular weight is 313 g/mol. The fourth-order valence-electron chi connectivity index (χ4n) is 1.61. The highest BCUT2D eigenvalue weighted by molar-refractivity contribution is 7.13. The average Bonchev–Trinajstić information content (AvgIpc) is 3.22. The molecule has 3 rings (SSSR count). The summed E-state index contributed by atoms with van der Waals surface area (Å²) in [7, 11) is 0. The van der Waals surface area contributed by atoms with E-state index in [1.807, 2.05) is 5.38 Å². The molecule has 2 aromatic heterocycles. The molecule has 0 spiro atoms. The molecule has 0 radical (unpaired) electrons. The summed E-state index contributed by atoms with van der Waals surface area (Å²) in [6.45, 7) is 0. The monoisotopic (exact) mass is 313 g/mol. The van der Waals surface area contributed by atoms with Crippen molar-refractivity contribution < 1.29 is 13.9 Å². The smallest absolute Gasteiger partial charge is 0.379 e. The molecular weight excluding hydrogens is 302 g/mol. The van der Waals surface area contributed by atoms with Crippen LogP contribution in [0.25, 0.3) is 0 Å². The minimum absolute atomic E-state index is 0.165. The van der Waals surface area contributed by atoms with Crippen molar-refractivity contribution in [2.45, 2.75) is 0 Å². The number of furan rings is 1. The van der Waals surface area contributed by atoms with E-state index in [9.17, 15) is 4.79 Å². The summed E-state index contributed by atoms with van der Waals surface area (Å²) in [6, 6.07) is 10.1. The van der Waals surface area contributed by atoms with Crippen molar-refractivity contribution in [3.8, 4) is 5.75 Å². The molecule has 0 amide bonds.